The topological polar surface area (TPSA) is 49.4 Å². The Bertz CT molecular complexity index is 779. The number of nitrogens with zero attached hydrogens (tertiary/aromatic N) is 1. The van der Waals surface area contributed by atoms with Crippen molar-refractivity contribution in [2.75, 3.05) is 31.9 Å². The summed E-state index contributed by atoms with van der Waals surface area (Å²) in [5.74, 6) is 0.153. The lowest BCUT2D eigenvalue weighted by Crippen LogP contribution is -2.47. The molecule has 4 nitrogen and oxygen atoms in total. The van der Waals surface area contributed by atoms with E-state index < -0.39 is 9.84 Å². The lowest BCUT2D eigenvalue weighted by Gasteiger charge is -2.36. The molecule has 1 unspecified atom stereocenters. The van der Waals surface area contributed by atoms with E-state index in [0.717, 1.165) is 26.1 Å². The molecule has 3 rings (SSSR count). The summed E-state index contributed by atoms with van der Waals surface area (Å²) < 4.78 is 25.1. The van der Waals surface area contributed by atoms with Crippen LogP contribution in [0, 0.1) is 0 Å². The van der Waals surface area contributed by atoms with Crippen LogP contribution in [0.4, 0.5) is 0 Å². The molecule has 1 fully saturated rings. The monoisotopic (exact) mass is 394 g/mol. The average molecular weight is 395 g/mol. The summed E-state index contributed by atoms with van der Waals surface area (Å²) in [7, 11) is -3.24. The van der Waals surface area contributed by atoms with Crippen molar-refractivity contribution >= 4 is 22.2 Å². The third-order valence-corrected chi connectivity index (χ3v) is 6.59. The Labute approximate surface area is 162 Å². The minimum absolute atomic E-state index is 0. The molecule has 1 atom stereocenters. The van der Waals surface area contributed by atoms with Crippen molar-refractivity contribution in [3.05, 3.63) is 65.7 Å². The van der Waals surface area contributed by atoms with Gasteiger partial charge in [0.15, 0.2) is 9.84 Å². The van der Waals surface area contributed by atoms with Crippen LogP contribution in [0.1, 0.15) is 24.1 Å². The minimum Gasteiger partial charge on any atom is -0.314 e. The fourth-order valence-electron chi connectivity index (χ4n) is 3.30. The number of aryl methyl sites for hydroxylation is 1. The highest BCUT2D eigenvalue weighted by Crippen LogP contribution is 2.23. The second-order valence-corrected chi connectivity index (χ2v) is 8.59. The van der Waals surface area contributed by atoms with E-state index in [-0.39, 0.29) is 24.2 Å². The van der Waals surface area contributed by atoms with E-state index >= 15 is 0 Å². The molecule has 2 aromatic rings. The molecular formula is C20H27ClN2O2S. The van der Waals surface area contributed by atoms with Crippen molar-refractivity contribution in [3.8, 4) is 0 Å². The molecule has 142 valence electrons. The van der Waals surface area contributed by atoms with Gasteiger partial charge in [0.05, 0.1) is 10.6 Å². The quantitative estimate of drug-likeness (QED) is 0.817. The van der Waals surface area contributed by atoms with E-state index in [9.17, 15) is 8.42 Å². The molecule has 1 heterocycles. The van der Waals surface area contributed by atoms with Crippen molar-refractivity contribution in [2.45, 2.75) is 24.3 Å². The van der Waals surface area contributed by atoms with Gasteiger partial charge in [0.1, 0.15) is 0 Å². The number of hydrogen-bond acceptors (Lipinski definition) is 4. The molecule has 0 bridgehead atoms. The Kier molecular flexibility index (Phi) is 7.65. The zero-order valence-electron chi connectivity index (χ0n) is 15.1. The van der Waals surface area contributed by atoms with Gasteiger partial charge in [-0.05, 0) is 29.7 Å². The summed E-state index contributed by atoms with van der Waals surface area (Å²) in [4.78, 5) is 2.70. The molecule has 0 aromatic heterocycles. The van der Waals surface area contributed by atoms with Gasteiger partial charge >= 0.3 is 0 Å². The van der Waals surface area contributed by atoms with Gasteiger partial charge in [-0.3, -0.25) is 4.90 Å². The maximum atomic E-state index is 12.6. The van der Waals surface area contributed by atoms with E-state index in [4.69, 9.17) is 0 Å². The largest absolute Gasteiger partial charge is 0.314 e. The average Bonchev–Trinajstić information content (AvgIpc) is 2.67. The normalized spacial score (nSPS) is 18.3. The highest BCUT2D eigenvalue weighted by molar-refractivity contribution is 7.91. The third-order valence-electron chi connectivity index (χ3n) is 4.88. The second kappa shape index (κ2) is 9.51. The Morgan fingerprint density at radius 3 is 2.42 bits per heavy atom. The minimum atomic E-state index is -3.24. The maximum absolute atomic E-state index is 12.6. The predicted octanol–water partition coefficient (Wildman–Crippen LogP) is 3.09. The third kappa shape index (κ3) is 5.07. The molecular weight excluding hydrogens is 368 g/mol. The zero-order valence-corrected chi connectivity index (χ0v) is 16.7. The van der Waals surface area contributed by atoms with Crippen molar-refractivity contribution in [1.82, 2.24) is 10.2 Å². The zero-order chi connectivity index (χ0) is 17.7. The van der Waals surface area contributed by atoms with E-state index in [0.29, 0.717) is 11.4 Å². The van der Waals surface area contributed by atoms with Gasteiger partial charge in [-0.1, -0.05) is 49.4 Å². The lowest BCUT2D eigenvalue weighted by atomic mass is 10.0. The Morgan fingerprint density at radius 2 is 1.77 bits per heavy atom. The van der Waals surface area contributed by atoms with Crippen LogP contribution in [0.2, 0.25) is 0 Å². The fraction of sp³-hybridized carbons (Fsp3) is 0.400. The number of piperazine rings is 1. The molecule has 0 amide bonds. The molecule has 0 aliphatic carbocycles. The molecule has 1 aliphatic rings. The Balaban J connectivity index is 0.00000243. The van der Waals surface area contributed by atoms with Gasteiger partial charge in [0, 0.05) is 32.2 Å². The number of benzene rings is 2. The first-order chi connectivity index (χ1) is 12.1. The molecule has 2 aromatic carbocycles. The van der Waals surface area contributed by atoms with Gasteiger partial charge in [-0.25, -0.2) is 8.42 Å². The summed E-state index contributed by atoms with van der Waals surface area (Å²) in [5, 5.41) is 3.43. The van der Waals surface area contributed by atoms with Gasteiger partial charge in [0.2, 0.25) is 0 Å². The van der Waals surface area contributed by atoms with E-state index in [2.05, 4.69) is 41.4 Å². The molecule has 6 heteroatoms. The summed E-state index contributed by atoms with van der Waals surface area (Å²) in [5.41, 5.74) is 2.58. The van der Waals surface area contributed by atoms with Crippen LogP contribution in [0.3, 0.4) is 0 Å². The highest BCUT2D eigenvalue weighted by Gasteiger charge is 2.25. The van der Waals surface area contributed by atoms with Crippen LogP contribution < -0.4 is 5.32 Å². The summed E-state index contributed by atoms with van der Waals surface area (Å²) in [6.07, 6.45) is 1.03. The molecule has 1 aliphatic heterocycles. The van der Waals surface area contributed by atoms with Crippen LogP contribution in [0.5, 0.6) is 0 Å². The van der Waals surface area contributed by atoms with Gasteiger partial charge < -0.3 is 5.32 Å². The van der Waals surface area contributed by atoms with Crippen LogP contribution in [0.15, 0.2) is 59.5 Å². The molecule has 1 N–H and O–H groups in total. The highest BCUT2D eigenvalue weighted by atomic mass is 35.5. The van der Waals surface area contributed by atoms with Gasteiger partial charge in [-0.2, -0.15) is 0 Å². The number of nitrogens with one attached hydrogen (secondary N) is 1. The number of halogens is 1. The smallest absolute Gasteiger partial charge is 0.179 e. The maximum Gasteiger partial charge on any atom is 0.179 e. The number of hydrogen-bond donors (Lipinski definition) is 1. The van der Waals surface area contributed by atoms with Crippen molar-refractivity contribution in [3.63, 3.8) is 0 Å². The van der Waals surface area contributed by atoms with Crippen LogP contribution in [0.25, 0.3) is 0 Å². The van der Waals surface area contributed by atoms with E-state index in [1.807, 2.05) is 6.07 Å². The van der Waals surface area contributed by atoms with Crippen LogP contribution in [-0.2, 0) is 16.3 Å². The van der Waals surface area contributed by atoms with E-state index in [1.165, 1.54) is 11.1 Å². The number of rotatable bonds is 6. The predicted molar refractivity (Wildman–Crippen MR) is 109 cm³/mol. The molecule has 0 spiro atoms. The fourth-order valence-corrected chi connectivity index (χ4v) is 4.58. The van der Waals surface area contributed by atoms with E-state index in [1.54, 1.807) is 24.3 Å². The lowest BCUT2D eigenvalue weighted by molar-refractivity contribution is 0.172. The Morgan fingerprint density at radius 1 is 1.08 bits per heavy atom. The SMILES string of the molecule is CCc1ccc(C2CNCCN2CCS(=O)(=O)c2ccccc2)cc1.Cl. The molecule has 0 saturated carbocycles. The van der Waals surface area contributed by atoms with Gasteiger partial charge in [0.25, 0.3) is 0 Å². The number of sulfone groups is 1. The first kappa shape index (κ1) is 20.9. The van der Waals surface area contributed by atoms with Crippen LogP contribution >= 0.6 is 12.4 Å². The summed E-state index contributed by atoms with van der Waals surface area (Å²) in [6, 6.07) is 17.7. The van der Waals surface area contributed by atoms with Crippen molar-refractivity contribution < 1.29 is 8.42 Å². The Hall–Kier alpha value is -1.40. The molecule has 26 heavy (non-hydrogen) atoms. The first-order valence-corrected chi connectivity index (χ1v) is 10.6. The standard InChI is InChI=1S/C20H26N2O2S.ClH/c1-2-17-8-10-18(11-9-17)20-16-21-12-13-22(20)14-15-25(23,24)19-6-4-3-5-7-19;/h3-11,20-21H,2,12-16H2,1H3;1H. The second-order valence-electron chi connectivity index (χ2n) is 6.48. The first-order valence-electron chi connectivity index (χ1n) is 8.91. The summed E-state index contributed by atoms with van der Waals surface area (Å²) >= 11 is 0. The summed E-state index contributed by atoms with van der Waals surface area (Å²) in [6.45, 7) is 5.33. The molecule has 1 saturated heterocycles. The van der Waals surface area contributed by atoms with Crippen molar-refractivity contribution in [1.29, 1.82) is 0 Å². The molecule has 0 radical (unpaired) electrons. The van der Waals surface area contributed by atoms with Gasteiger partial charge in [-0.15, -0.1) is 12.4 Å². The van der Waals surface area contributed by atoms with Crippen molar-refractivity contribution in [2.24, 2.45) is 0 Å². The van der Waals surface area contributed by atoms with Crippen LogP contribution in [-0.4, -0.2) is 45.2 Å².